The molecule has 0 aliphatic heterocycles. The lowest BCUT2D eigenvalue weighted by Gasteiger charge is -2.11. The number of rotatable bonds is 11. The number of hydrogen-bond acceptors (Lipinski definition) is 7. The molecule has 0 bridgehead atoms. The van der Waals surface area contributed by atoms with Crippen molar-refractivity contribution in [2.24, 2.45) is 5.10 Å². The van der Waals surface area contributed by atoms with E-state index in [1.54, 1.807) is 49.6 Å². The number of nitrogens with zero attached hydrogens (tertiary/aromatic N) is 1. The molecule has 0 atom stereocenters. The summed E-state index contributed by atoms with van der Waals surface area (Å²) < 4.78 is 21.8. The Kier molecular flexibility index (Phi) is 9.28. The van der Waals surface area contributed by atoms with Crippen molar-refractivity contribution >= 4 is 18.1 Å². The quantitative estimate of drug-likeness (QED) is 0.120. The Morgan fingerprint density at radius 2 is 1.49 bits per heavy atom. The topological polar surface area (TPSA) is 95.5 Å². The second-order valence-electron chi connectivity index (χ2n) is 8.23. The Morgan fingerprint density at radius 1 is 0.795 bits per heavy atom. The van der Waals surface area contributed by atoms with Gasteiger partial charge in [0.05, 0.1) is 25.5 Å². The number of hydrazone groups is 1. The van der Waals surface area contributed by atoms with Crippen molar-refractivity contribution in [2.45, 2.75) is 6.92 Å². The predicted molar refractivity (Wildman–Crippen MR) is 149 cm³/mol. The molecule has 4 rings (SSSR count). The van der Waals surface area contributed by atoms with Crippen LogP contribution in [-0.2, 0) is 4.79 Å². The molecule has 0 radical (unpaired) electrons. The van der Waals surface area contributed by atoms with Crippen molar-refractivity contribution < 1.29 is 28.5 Å². The third kappa shape index (κ3) is 7.69. The lowest BCUT2D eigenvalue weighted by atomic mass is 10.1. The molecular weight excluding hydrogens is 496 g/mol. The molecule has 0 aromatic heterocycles. The van der Waals surface area contributed by atoms with Crippen molar-refractivity contribution in [3.05, 3.63) is 108 Å². The number of amides is 1. The normalized spacial score (nSPS) is 10.6. The zero-order valence-electron chi connectivity index (χ0n) is 21.6. The van der Waals surface area contributed by atoms with Gasteiger partial charge in [0.25, 0.3) is 5.91 Å². The summed E-state index contributed by atoms with van der Waals surface area (Å²) in [7, 11) is 1.55. The van der Waals surface area contributed by atoms with Crippen LogP contribution >= 0.6 is 0 Å². The maximum absolute atomic E-state index is 12.5. The van der Waals surface area contributed by atoms with E-state index < -0.39 is 11.9 Å². The zero-order valence-corrected chi connectivity index (χ0v) is 21.6. The van der Waals surface area contributed by atoms with Gasteiger partial charge in [0, 0.05) is 0 Å². The van der Waals surface area contributed by atoms with E-state index in [9.17, 15) is 9.59 Å². The highest BCUT2D eigenvalue weighted by molar-refractivity contribution is 5.92. The van der Waals surface area contributed by atoms with Crippen LogP contribution in [0, 0.1) is 0 Å². The number of esters is 1. The molecule has 0 fully saturated rings. The summed E-state index contributed by atoms with van der Waals surface area (Å²) in [6, 6.07) is 29.1. The average Bonchev–Trinajstić information content (AvgIpc) is 2.98. The van der Waals surface area contributed by atoms with E-state index in [-0.39, 0.29) is 12.4 Å². The first-order valence-corrected chi connectivity index (χ1v) is 12.3. The smallest absolute Gasteiger partial charge is 0.343 e. The molecule has 39 heavy (non-hydrogen) atoms. The first-order valence-electron chi connectivity index (χ1n) is 12.3. The van der Waals surface area contributed by atoms with Crippen LogP contribution < -0.4 is 24.4 Å². The van der Waals surface area contributed by atoms with Gasteiger partial charge in [0.1, 0.15) is 11.5 Å². The maximum Gasteiger partial charge on any atom is 0.343 e. The summed E-state index contributed by atoms with van der Waals surface area (Å²) in [5.41, 5.74) is 5.62. The predicted octanol–water partition coefficient (Wildman–Crippen LogP) is 5.51. The minimum absolute atomic E-state index is 0.188. The van der Waals surface area contributed by atoms with Crippen LogP contribution in [0.25, 0.3) is 11.1 Å². The van der Waals surface area contributed by atoms with Crippen LogP contribution in [-0.4, -0.2) is 38.4 Å². The van der Waals surface area contributed by atoms with E-state index in [0.717, 1.165) is 11.1 Å². The summed E-state index contributed by atoms with van der Waals surface area (Å²) in [5, 5.41) is 3.98. The average molecular weight is 525 g/mol. The van der Waals surface area contributed by atoms with E-state index in [1.807, 2.05) is 61.5 Å². The molecule has 0 aliphatic carbocycles. The molecule has 0 saturated heterocycles. The van der Waals surface area contributed by atoms with E-state index in [4.69, 9.17) is 18.9 Å². The second kappa shape index (κ2) is 13.4. The van der Waals surface area contributed by atoms with Crippen LogP contribution in [0.3, 0.4) is 0 Å². The van der Waals surface area contributed by atoms with Crippen molar-refractivity contribution in [3.8, 4) is 34.1 Å². The van der Waals surface area contributed by atoms with Gasteiger partial charge in [-0.3, -0.25) is 4.79 Å². The number of carbonyl (C=O) groups is 2. The molecular formula is C31H28N2O6. The number of carbonyl (C=O) groups excluding carboxylic acids is 2. The summed E-state index contributed by atoms with van der Waals surface area (Å²) in [4.78, 5) is 24.7. The van der Waals surface area contributed by atoms with E-state index in [1.165, 1.54) is 6.21 Å². The van der Waals surface area contributed by atoms with Gasteiger partial charge in [0.2, 0.25) is 0 Å². The molecule has 198 valence electrons. The summed E-state index contributed by atoms with van der Waals surface area (Å²) >= 11 is 0. The number of ether oxygens (including phenoxy) is 4. The monoisotopic (exact) mass is 524 g/mol. The van der Waals surface area contributed by atoms with Gasteiger partial charge in [-0.15, -0.1) is 0 Å². The molecule has 1 N–H and O–H groups in total. The third-order valence-corrected chi connectivity index (χ3v) is 5.53. The largest absolute Gasteiger partial charge is 0.497 e. The molecule has 0 heterocycles. The lowest BCUT2D eigenvalue weighted by molar-refractivity contribution is -0.123. The van der Waals surface area contributed by atoms with Gasteiger partial charge in [-0.25, -0.2) is 10.2 Å². The third-order valence-electron chi connectivity index (χ3n) is 5.53. The highest BCUT2D eigenvalue weighted by Crippen LogP contribution is 2.29. The van der Waals surface area contributed by atoms with Gasteiger partial charge in [-0.05, 0) is 78.2 Å². The summed E-state index contributed by atoms with van der Waals surface area (Å²) in [5.74, 6) is 0.925. The lowest BCUT2D eigenvalue weighted by Crippen LogP contribution is -2.24. The fraction of sp³-hybridized carbons (Fsp3) is 0.129. The van der Waals surface area contributed by atoms with Crippen molar-refractivity contribution in [2.75, 3.05) is 20.3 Å². The van der Waals surface area contributed by atoms with Gasteiger partial charge in [0.15, 0.2) is 18.1 Å². The number of hydrogen-bond donors (Lipinski definition) is 1. The minimum atomic E-state index is -0.526. The van der Waals surface area contributed by atoms with Crippen molar-refractivity contribution in [1.82, 2.24) is 5.43 Å². The Bertz CT molecular complexity index is 1420. The molecule has 4 aromatic carbocycles. The van der Waals surface area contributed by atoms with E-state index >= 15 is 0 Å². The van der Waals surface area contributed by atoms with Crippen LogP contribution in [0.4, 0.5) is 0 Å². The van der Waals surface area contributed by atoms with Gasteiger partial charge in [-0.1, -0.05) is 42.5 Å². The number of benzene rings is 4. The molecule has 0 spiro atoms. The Balaban J connectivity index is 1.30. The van der Waals surface area contributed by atoms with Crippen LogP contribution in [0.2, 0.25) is 0 Å². The fourth-order valence-electron chi connectivity index (χ4n) is 3.58. The maximum atomic E-state index is 12.5. The summed E-state index contributed by atoms with van der Waals surface area (Å²) in [6.45, 7) is 2.01. The Hall–Kier alpha value is -5.11. The summed E-state index contributed by atoms with van der Waals surface area (Å²) in [6.07, 6.45) is 1.46. The highest BCUT2D eigenvalue weighted by Gasteiger charge is 2.13. The highest BCUT2D eigenvalue weighted by atomic mass is 16.6. The zero-order chi connectivity index (χ0) is 27.5. The number of nitrogens with one attached hydrogen (secondary N) is 1. The fourth-order valence-corrected chi connectivity index (χ4v) is 3.58. The van der Waals surface area contributed by atoms with E-state index in [2.05, 4.69) is 10.5 Å². The van der Waals surface area contributed by atoms with Gasteiger partial charge < -0.3 is 18.9 Å². The molecule has 8 heteroatoms. The first kappa shape index (κ1) is 26.9. The van der Waals surface area contributed by atoms with Crippen molar-refractivity contribution in [1.29, 1.82) is 0 Å². The molecule has 0 aliphatic rings. The van der Waals surface area contributed by atoms with Crippen molar-refractivity contribution in [3.63, 3.8) is 0 Å². The first-order chi connectivity index (χ1) is 19.1. The molecule has 0 saturated carbocycles. The van der Waals surface area contributed by atoms with Crippen LogP contribution in [0.15, 0.2) is 102 Å². The Morgan fingerprint density at radius 3 is 2.18 bits per heavy atom. The number of methoxy groups -OCH3 is 1. The molecule has 1 amide bonds. The van der Waals surface area contributed by atoms with Crippen LogP contribution in [0.1, 0.15) is 22.8 Å². The van der Waals surface area contributed by atoms with Gasteiger partial charge >= 0.3 is 5.97 Å². The van der Waals surface area contributed by atoms with Gasteiger partial charge in [-0.2, -0.15) is 5.10 Å². The standard InChI is InChI=1S/C31H28N2O6/c1-3-37-29-19-22(9-18-28(29)39-31(35)25-12-14-26(36-2)15-13-25)20-32-33-30(34)21-38-27-16-10-24(11-17-27)23-7-5-4-6-8-23/h4-20H,3,21H2,1-2H3,(H,33,34). The Labute approximate surface area is 226 Å². The van der Waals surface area contributed by atoms with E-state index in [0.29, 0.717) is 35.0 Å². The SMILES string of the molecule is CCOc1cc(C=NNC(=O)COc2ccc(-c3ccccc3)cc2)ccc1OC(=O)c1ccc(OC)cc1. The molecule has 4 aromatic rings. The second-order valence-corrected chi connectivity index (χ2v) is 8.23. The molecule has 0 unspecified atom stereocenters. The minimum Gasteiger partial charge on any atom is -0.497 e. The van der Waals surface area contributed by atoms with Crippen LogP contribution in [0.5, 0.6) is 23.0 Å². The molecule has 8 nitrogen and oxygen atoms in total.